The molecular weight excluding hydrogens is 188 g/mol. The lowest BCUT2D eigenvalue weighted by Crippen LogP contribution is -2.39. The summed E-state index contributed by atoms with van der Waals surface area (Å²) >= 11 is 0. The molecule has 0 aromatic carbocycles. The molecule has 0 aromatic heterocycles. The third-order valence-corrected chi connectivity index (χ3v) is 2.02. The van der Waals surface area contributed by atoms with E-state index in [9.17, 15) is 0 Å². The van der Waals surface area contributed by atoms with E-state index in [0.29, 0.717) is 6.61 Å². The van der Waals surface area contributed by atoms with Crippen LogP contribution in [-0.4, -0.2) is 29.5 Å². The molecule has 0 aliphatic heterocycles. The highest BCUT2D eigenvalue weighted by Gasteiger charge is 2.25. The molecule has 3 heteroatoms. The summed E-state index contributed by atoms with van der Waals surface area (Å²) in [5.74, 6) is 0. The topological polar surface area (TPSA) is 24.8 Å². The van der Waals surface area contributed by atoms with Crippen LogP contribution in [0.5, 0.6) is 0 Å². The average molecular weight is 212 g/mol. The summed E-state index contributed by atoms with van der Waals surface area (Å²) in [7, 11) is 0. The fourth-order valence-corrected chi connectivity index (χ4v) is 1.31. The van der Waals surface area contributed by atoms with Crippen LogP contribution in [0.3, 0.4) is 0 Å². The predicted octanol–water partition coefficient (Wildman–Crippen LogP) is 3.03. The van der Waals surface area contributed by atoms with Crippen molar-refractivity contribution < 1.29 is 4.74 Å². The summed E-state index contributed by atoms with van der Waals surface area (Å²) in [4.78, 5) is 0. The highest BCUT2D eigenvalue weighted by molar-refractivity contribution is 5.53. The van der Waals surface area contributed by atoms with Gasteiger partial charge >= 0.3 is 0 Å². The van der Waals surface area contributed by atoms with Crippen molar-refractivity contribution in [2.24, 2.45) is 5.10 Å². The second-order valence-electron chi connectivity index (χ2n) is 4.45. The monoisotopic (exact) mass is 212 g/mol. The van der Waals surface area contributed by atoms with Crippen molar-refractivity contribution in [1.29, 1.82) is 0 Å². The summed E-state index contributed by atoms with van der Waals surface area (Å²) in [5.41, 5.74) is 0.817. The van der Waals surface area contributed by atoms with Crippen LogP contribution in [0.25, 0.3) is 0 Å². The van der Waals surface area contributed by atoms with Gasteiger partial charge in [-0.2, -0.15) is 5.10 Å². The first-order chi connectivity index (χ1) is 6.84. The van der Waals surface area contributed by atoms with Gasteiger partial charge in [0.2, 0.25) is 0 Å². The maximum atomic E-state index is 5.51. The molecule has 1 atom stereocenters. The smallest absolute Gasteiger partial charge is 0.0956 e. The predicted molar refractivity (Wildman–Crippen MR) is 66.0 cm³/mol. The molecule has 0 heterocycles. The quantitative estimate of drug-likeness (QED) is 0.517. The van der Waals surface area contributed by atoms with Gasteiger partial charge in [0.25, 0.3) is 0 Å². The lowest BCUT2D eigenvalue weighted by Gasteiger charge is -2.36. The van der Waals surface area contributed by atoms with E-state index in [-0.39, 0.29) is 11.6 Å². The van der Waals surface area contributed by atoms with Crippen molar-refractivity contribution in [3.63, 3.8) is 0 Å². The van der Waals surface area contributed by atoms with Gasteiger partial charge in [-0.1, -0.05) is 6.58 Å². The van der Waals surface area contributed by atoms with Crippen molar-refractivity contribution >= 4 is 6.21 Å². The molecule has 0 aromatic rings. The number of nitrogens with zero attached hydrogens (tertiary/aromatic N) is 2. The summed E-state index contributed by atoms with van der Waals surface area (Å²) in [6.45, 7) is 16.9. The van der Waals surface area contributed by atoms with Gasteiger partial charge in [-0.3, -0.25) is 5.01 Å². The molecule has 0 aliphatic carbocycles. The Morgan fingerprint density at radius 1 is 1.53 bits per heavy atom. The molecule has 1 unspecified atom stereocenters. The van der Waals surface area contributed by atoms with E-state index < -0.39 is 0 Å². The molecule has 0 radical (unpaired) electrons. The highest BCUT2D eigenvalue weighted by Crippen LogP contribution is 2.22. The summed E-state index contributed by atoms with van der Waals surface area (Å²) in [5, 5.41) is 6.24. The van der Waals surface area contributed by atoms with Gasteiger partial charge in [-0.05, 0) is 41.5 Å². The molecule has 0 N–H and O–H groups in total. The number of rotatable bonds is 5. The number of ether oxygens (including phenoxy) is 1. The molecule has 0 aliphatic rings. The maximum Gasteiger partial charge on any atom is 0.0956 e. The summed E-state index contributed by atoms with van der Waals surface area (Å²) < 4.78 is 5.51. The van der Waals surface area contributed by atoms with Crippen molar-refractivity contribution in [2.45, 2.75) is 53.2 Å². The Morgan fingerprint density at radius 3 is 2.40 bits per heavy atom. The Kier molecular flexibility index (Phi) is 5.58. The van der Waals surface area contributed by atoms with Crippen LogP contribution in [0.4, 0.5) is 0 Å². The van der Waals surface area contributed by atoms with Crippen LogP contribution in [0.15, 0.2) is 17.4 Å². The van der Waals surface area contributed by atoms with Crippen molar-refractivity contribution in [3.8, 4) is 0 Å². The fourth-order valence-electron chi connectivity index (χ4n) is 1.31. The first-order valence-corrected chi connectivity index (χ1v) is 5.43. The zero-order chi connectivity index (χ0) is 12.1. The van der Waals surface area contributed by atoms with Gasteiger partial charge < -0.3 is 4.74 Å². The van der Waals surface area contributed by atoms with E-state index in [0.717, 1.165) is 5.70 Å². The Labute approximate surface area is 93.8 Å². The first kappa shape index (κ1) is 14.2. The van der Waals surface area contributed by atoms with Crippen LogP contribution in [0.2, 0.25) is 0 Å². The third-order valence-electron chi connectivity index (χ3n) is 2.02. The van der Waals surface area contributed by atoms with Crippen molar-refractivity contribution in [2.75, 3.05) is 6.61 Å². The lowest BCUT2D eigenvalue weighted by molar-refractivity contribution is 0.0591. The van der Waals surface area contributed by atoms with Gasteiger partial charge in [-0.15, -0.1) is 0 Å². The van der Waals surface area contributed by atoms with E-state index in [2.05, 4.69) is 32.5 Å². The molecule has 0 bridgehead atoms. The molecule has 15 heavy (non-hydrogen) atoms. The summed E-state index contributed by atoms with van der Waals surface area (Å²) in [6, 6.07) is 0. The van der Waals surface area contributed by atoms with Crippen LogP contribution < -0.4 is 0 Å². The van der Waals surface area contributed by atoms with E-state index in [1.807, 2.05) is 25.8 Å². The first-order valence-electron chi connectivity index (χ1n) is 5.43. The minimum atomic E-state index is -0.0744. The summed E-state index contributed by atoms with van der Waals surface area (Å²) in [6.07, 6.45) is 1.77. The molecule has 88 valence electrons. The second kappa shape index (κ2) is 5.91. The highest BCUT2D eigenvalue weighted by atomic mass is 16.5. The fraction of sp³-hybridized carbons (Fsp3) is 0.750. The van der Waals surface area contributed by atoms with Crippen LogP contribution >= 0.6 is 0 Å². The molecule has 0 amide bonds. The van der Waals surface area contributed by atoms with Gasteiger partial charge in [-0.25, -0.2) is 0 Å². The standard InChI is InChI=1S/C12H24N2O/c1-8-13-14(12(5,6)7)10(3)11(4)15-9-2/h8,11H,3,9H2,1-2,4-7H3/b13-8-. The van der Waals surface area contributed by atoms with E-state index >= 15 is 0 Å². The number of hydrazone groups is 1. The van der Waals surface area contributed by atoms with Gasteiger partial charge in [0, 0.05) is 12.8 Å². The van der Waals surface area contributed by atoms with Gasteiger partial charge in [0.1, 0.15) is 0 Å². The maximum absolute atomic E-state index is 5.51. The van der Waals surface area contributed by atoms with Crippen LogP contribution in [0.1, 0.15) is 41.5 Å². The third kappa shape index (κ3) is 4.47. The largest absolute Gasteiger partial charge is 0.373 e. The Morgan fingerprint density at radius 2 is 2.07 bits per heavy atom. The van der Waals surface area contributed by atoms with Gasteiger partial charge in [0.15, 0.2) is 0 Å². The lowest BCUT2D eigenvalue weighted by atomic mass is 10.1. The van der Waals surface area contributed by atoms with Crippen LogP contribution in [-0.2, 0) is 4.74 Å². The van der Waals surface area contributed by atoms with E-state index in [1.165, 1.54) is 0 Å². The Balaban J connectivity index is 4.71. The minimum absolute atomic E-state index is 0.00192. The van der Waals surface area contributed by atoms with Gasteiger partial charge in [0.05, 0.1) is 17.3 Å². The molecule has 3 nitrogen and oxygen atoms in total. The normalized spacial score (nSPS) is 14.3. The average Bonchev–Trinajstić information content (AvgIpc) is 2.11. The number of hydrogen-bond acceptors (Lipinski definition) is 3. The molecule has 0 rings (SSSR count). The molecule has 0 spiro atoms. The SMILES string of the molecule is C=C(C(C)OCC)N(/N=C\C)C(C)(C)C. The molecule has 0 fully saturated rings. The zero-order valence-electron chi connectivity index (χ0n) is 10.9. The molecule has 0 saturated heterocycles. The van der Waals surface area contributed by atoms with Crippen LogP contribution in [0, 0.1) is 0 Å². The van der Waals surface area contributed by atoms with Crippen molar-refractivity contribution in [1.82, 2.24) is 5.01 Å². The molecular formula is C12H24N2O. The molecule has 0 saturated carbocycles. The second-order valence-corrected chi connectivity index (χ2v) is 4.45. The zero-order valence-corrected chi connectivity index (χ0v) is 10.9. The minimum Gasteiger partial charge on any atom is -0.373 e. The number of hydrogen-bond donors (Lipinski definition) is 0. The van der Waals surface area contributed by atoms with E-state index in [4.69, 9.17) is 4.74 Å². The van der Waals surface area contributed by atoms with E-state index in [1.54, 1.807) is 6.21 Å². The Hall–Kier alpha value is -0.830. The van der Waals surface area contributed by atoms with Crippen molar-refractivity contribution in [3.05, 3.63) is 12.3 Å². The Bertz CT molecular complexity index is 228.